The van der Waals surface area contributed by atoms with Crippen LogP contribution in [0.1, 0.15) is 19.3 Å². The fourth-order valence-corrected chi connectivity index (χ4v) is 6.07. The number of benzene rings is 3. The molecule has 0 spiro atoms. The van der Waals surface area contributed by atoms with Crippen LogP contribution in [0.5, 0.6) is 0 Å². The molecular formula is C30H33N7O3. The Hall–Kier alpha value is -4.57. The van der Waals surface area contributed by atoms with Crippen molar-refractivity contribution in [3.8, 4) is 0 Å². The van der Waals surface area contributed by atoms with Gasteiger partial charge in [-0.3, -0.25) is 0 Å². The van der Waals surface area contributed by atoms with Crippen molar-refractivity contribution in [1.29, 1.82) is 0 Å². The van der Waals surface area contributed by atoms with E-state index in [9.17, 15) is 14.4 Å². The van der Waals surface area contributed by atoms with E-state index in [2.05, 4.69) is 20.9 Å². The molecule has 3 aromatic carbocycles. The van der Waals surface area contributed by atoms with Crippen LogP contribution in [0.25, 0.3) is 0 Å². The zero-order valence-corrected chi connectivity index (χ0v) is 22.1. The third-order valence-corrected chi connectivity index (χ3v) is 7.85. The van der Waals surface area contributed by atoms with Gasteiger partial charge in [-0.05, 0) is 55.7 Å². The molecule has 0 unspecified atom stereocenters. The Labute approximate surface area is 233 Å². The Morgan fingerprint density at radius 2 is 0.750 bits per heavy atom. The number of nitrogens with one attached hydrogen (secondary N) is 3. The molecule has 0 saturated carbocycles. The van der Waals surface area contributed by atoms with E-state index >= 15 is 0 Å². The molecule has 3 heterocycles. The lowest BCUT2D eigenvalue weighted by Crippen LogP contribution is -2.76. The van der Waals surface area contributed by atoms with Crippen LogP contribution in [-0.2, 0) is 0 Å². The van der Waals surface area contributed by atoms with E-state index in [4.69, 9.17) is 0 Å². The predicted octanol–water partition coefficient (Wildman–Crippen LogP) is 5.08. The number of anilines is 3. The number of rotatable bonds is 3. The predicted molar refractivity (Wildman–Crippen MR) is 154 cm³/mol. The molecule has 6 rings (SSSR count). The molecule has 10 heteroatoms. The number of hydrogen-bond acceptors (Lipinski definition) is 4. The summed E-state index contributed by atoms with van der Waals surface area (Å²) in [7, 11) is 0. The van der Waals surface area contributed by atoms with Crippen molar-refractivity contribution in [2.75, 3.05) is 35.6 Å². The largest absolute Gasteiger partial charge is 0.323 e. The SMILES string of the molecule is O=C(Nc1ccccc1)N1CC[C@H]2N(C(=O)Nc3ccccc3)CC[C@H]3N(C(=O)Nc4ccccc4)CC[C@H]1N32. The lowest BCUT2D eigenvalue weighted by molar-refractivity contribution is -0.164. The monoisotopic (exact) mass is 539 g/mol. The van der Waals surface area contributed by atoms with Crippen molar-refractivity contribution in [1.82, 2.24) is 19.6 Å². The van der Waals surface area contributed by atoms with Crippen LogP contribution in [0, 0.1) is 0 Å². The Bertz CT molecular complexity index is 1180. The number of nitrogens with zero attached hydrogens (tertiary/aromatic N) is 4. The van der Waals surface area contributed by atoms with Crippen LogP contribution in [0.4, 0.5) is 31.4 Å². The molecule has 3 aromatic rings. The summed E-state index contributed by atoms with van der Waals surface area (Å²) < 4.78 is 0. The van der Waals surface area contributed by atoms with Gasteiger partial charge in [0.1, 0.15) is 0 Å². The maximum Gasteiger partial charge on any atom is 0.323 e. The first-order valence-corrected chi connectivity index (χ1v) is 13.7. The van der Waals surface area contributed by atoms with Crippen molar-refractivity contribution in [3.63, 3.8) is 0 Å². The van der Waals surface area contributed by atoms with Gasteiger partial charge >= 0.3 is 18.1 Å². The first-order valence-electron chi connectivity index (χ1n) is 13.7. The van der Waals surface area contributed by atoms with Crippen LogP contribution in [0.3, 0.4) is 0 Å². The summed E-state index contributed by atoms with van der Waals surface area (Å²) in [5.74, 6) is 0. The van der Waals surface area contributed by atoms with Crippen LogP contribution in [0.15, 0.2) is 91.0 Å². The van der Waals surface area contributed by atoms with E-state index in [1.54, 1.807) is 0 Å². The van der Waals surface area contributed by atoms with Gasteiger partial charge in [0.2, 0.25) is 0 Å². The third kappa shape index (κ3) is 5.17. The van der Waals surface area contributed by atoms with Crippen molar-refractivity contribution >= 4 is 35.2 Å². The number of carbonyl (C=O) groups excluding carboxylic acids is 3. The molecule has 206 valence electrons. The van der Waals surface area contributed by atoms with Gasteiger partial charge < -0.3 is 30.7 Å². The second kappa shape index (κ2) is 11.3. The maximum absolute atomic E-state index is 13.5. The van der Waals surface area contributed by atoms with Crippen molar-refractivity contribution in [3.05, 3.63) is 91.0 Å². The summed E-state index contributed by atoms with van der Waals surface area (Å²) in [6.45, 7) is 1.51. The summed E-state index contributed by atoms with van der Waals surface area (Å²) in [6.07, 6.45) is 0.976. The number of para-hydroxylation sites is 3. The van der Waals surface area contributed by atoms with Crippen LogP contribution < -0.4 is 16.0 Å². The first kappa shape index (κ1) is 25.7. The molecule has 3 aliphatic rings. The molecule has 3 fully saturated rings. The van der Waals surface area contributed by atoms with Gasteiger partial charge in [-0.2, -0.15) is 0 Å². The van der Waals surface area contributed by atoms with Gasteiger partial charge in [0.15, 0.2) is 0 Å². The van der Waals surface area contributed by atoms with Gasteiger partial charge in [0.25, 0.3) is 0 Å². The van der Waals surface area contributed by atoms with E-state index in [1.165, 1.54) is 0 Å². The Kier molecular flexibility index (Phi) is 7.24. The average molecular weight is 540 g/mol. The minimum Gasteiger partial charge on any atom is -0.308 e. The number of hydrogen-bond donors (Lipinski definition) is 3. The van der Waals surface area contributed by atoms with Gasteiger partial charge in [-0.15, -0.1) is 0 Å². The van der Waals surface area contributed by atoms with Crippen LogP contribution in [0.2, 0.25) is 0 Å². The summed E-state index contributed by atoms with van der Waals surface area (Å²) in [6, 6.07) is 27.7. The lowest BCUT2D eigenvalue weighted by atomic mass is 9.98. The van der Waals surface area contributed by atoms with E-state index < -0.39 is 0 Å². The lowest BCUT2D eigenvalue weighted by Gasteiger charge is -2.61. The van der Waals surface area contributed by atoms with E-state index in [0.29, 0.717) is 38.9 Å². The maximum atomic E-state index is 13.5. The molecule has 3 atom stereocenters. The number of carbonyl (C=O) groups is 3. The van der Waals surface area contributed by atoms with Gasteiger partial charge in [0, 0.05) is 36.7 Å². The molecule has 0 bridgehead atoms. The highest BCUT2D eigenvalue weighted by molar-refractivity contribution is 5.91. The Balaban J connectivity index is 1.25. The minimum absolute atomic E-state index is 0.179. The quantitative estimate of drug-likeness (QED) is 0.432. The third-order valence-electron chi connectivity index (χ3n) is 7.85. The normalized spacial score (nSPS) is 22.2. The molecule has 3 aliphatic heterocycles. The molecule has 0 aromatic heterocycles. The standard InChI is InChI=1S/C30H33N7O3/c38-28(31-22-10-4-1-5-11-22)34-19-16-26-36(30(40)33-24-14-8-3-9-15-24)21-18-27-35(20-17-25(34)37(26)27)29(39)32-23-12-6-2-7-13-23/h1-15,25-27H,16-21H2,(H,31,38)(H,32,39)(H,33,40)/t25-,26-,27+/m0/s1. The smallest absolute Gasteiger partial charge is 0.308 e. The topological polar surface area (TPSA) is 100 Å². The van der Waals surface area contributed by atoms with Gasteiger partial charge in [-0.1, -0.05) is 54.6 Å². The number of urea groups is 3. The highest BCUT2D eigenvalue weighted by Gasteiger charge is 2.52. The zero-order chi connectivity index (χ0) is 27.5. The van der Waals surface area contributed by atoms with Crippen molar-refractivity contribution in [2.45, 2.75) is 37.8 Å². The second-order valence-electron chi connectivity index (χ2n) is 10.2. The molecule has 10 nitrogen and oxygen atoms in total. The molecule has 0 aliphatic carbocycles. The fraction of sp³-hybridized carbons (Fsp3) is 0.300. The Morgan fingerprint density at radius 1 is 0.475 bits per heavy atom. The molecule has 3 saturated heterocycles. The summed E-state index contributed by atoms with van der Waals surface area (Å²) in [5, 5.41) is 9.05. The average Bonchev–Trinajstić information content (AvgIpc) is 2.99. The van der Waals surface area contributed by atoms with Gasteiger partial charge in [0.05, 0.1) is 18.5 Å². The van der Waals surface area contributed by atoms with Crippen LogP contribution >= 0.6 is 0 Å². The minimum atomic E-state index is -0.249. The molecular weight excluding hydrogens is 506 g/mol. The summed E-state index contributed by atoms with van der Waals surface area (Å²) in [4.78, 5) is 48.1. The summed E-state index contributed by atoms with van der Waals surface area (Å²) in [5.41, 5.74) is 2.19. The summed E-state index contributed by atoms with van der Waals surface area (Å²) >= 11 is 0. The van der Waals surface area contributed by atoms with Crippen molar-refractivity contribution < 1.29 is 14.4 Å². The second-order valence-corrected chi connectivity index (χ2v) is 10.2. The fourth-order valence-electron chi connectivity index (χ4n) is 6.07. The number of amides is 6. The molecule has 6 amide bonds. The highest BCUT2D eigenvalue weighted by Crippen LogP contribution is 2.37. The molecule has 0 radical (unpaired) electrons. The van der Waals surface area contributed by atoms with Gasteiger partial charge in [-0.25, -0.2) is 19.3 Å². The highest BCUT2D eigenvalue weighted by atomic mass is 16.2. The first-order chi connectivity index (χ1) is 19.6. The molecule has 3 N–H and O–H groups in total. The van der Waals surface area contributed by atoms with Crippen molar-refractivity contribution in [2.24, 2.45) is 0 Å². The Morgan fingerprint density at radius 3 is 1.02 bits per heavy atom. The van der Waals surface area contributed by atoms with E-state index in [1.807, 2.05) is 106 Å². The van der Waals surface area contributed by atoms with Crippen LogP contribution in [-0.4, -0.2) is 75.8 Å². The molecule has 40 heavy (non-hydrogen) atoms. The van der Waals surface area contributed by atoms with E-state index in [0.717, 1.165) is 17.1 Å². The zero-order valence-electron chi connectivity index (χ0n) is 22.1. The van der Waals surface area contributed by atoms with E-state index in [-0.39, 0.29) is 36.6 Å².